The molecule has 0 aliphatic heterocycles. The first-order valence-electron chi connectivity index (χ1n) is 6.52. The summed E-state index contributed by atoms with van der Waals surface area (Å²) in [4.78, 5) is 11.8. The van der Waals surface area contributed by atoms with Crippen LogP contribution in [0.4, 0.5) is 0 Å². The minimum absolute atomic E-state index is 0.190. The van der Waals surface area contributed by atoms with Gasteiger partial charge < -0.3 is 4.74 Å². The topological polar surface area (TPSA) is 55.0 Å². The van der Waals surface area contributed by atoms with E-state index >= 15 is 0 Å². The van der Waals surface area contributed by atoms with Crippen LogP contribution in [0.5, 0.6) is 0 Å². The minimum Gasteiger partial charge on any atom is -0.370 e. The van der Waals surface area contributed by atoms with E-state index in [-0.39, 0.29) is 5.56 Å². The Hall–Kier alpha value is -1.98. The van der Waals surface area contributed by atoms with Gasteiger partial charge in [-0.05, 0) is 23.8 Å². The van der Waals surface area contributed by atoms with Crippen LogP contribution in [-0.4, -0.2) is 10.2 Å². The van der Waals surface area contributed by atoms with Crippen LogP contribution in [0.2, 0.25) is 0 Å². The number of nitrogens with zero attached hydrogens (tertiary/aromatic N) is 1. The first kappa shape index (κ1) is 14.0. The van der Waals surface area contributed by atoms with Crippen LogP contribution in [0.15, 0.2) is 57.8 Å². The fraction of sp³-hybridized carbons (Fsp3) is 0.125. The third kappa shape index (κ3) is 3.20. The van der Waals surface area contributed by atoms with Crippen molar-refractivity contribution in [2.75, 3.05) is 0 Å². The standard InChI is InChI=1S/C16H13BrN2O2/c17-12-6-7-13-14(8-12)15(18-19-16(13)20)10-21-9-11-4-2-1-3-5-11/h1-8H,9-10H2,(H,19,20). The minimum atomic E-state index is -0.190. The van der Waals surface area contributed by atoms with Gasteiger partial charge >= 0.3 is 0 Å². The van der Waals surface area contributed by atoms with E-state index in [2.05, 4.69) is 26.1 Å². The van der Waals surface area contributed by atoms with E-state index < -0.39 is 0 Å². The summed E-state index contributed by atoms with van der Waals surface area (Å²) in [5.74, 6) is 0. The number of aromatic nitrogens is 2. The molecule has 106 valence electrons. The number of halogens is 1. The third-order valence-electron chi connectivity index (χ3n) is 3.18. The first-order valence-corrected chi connectivity index (χ1v) is 7.32. The molecule has 0 atom stereocenters. The molecule has 1 heterocycles. The molecule has 0 saturated heterocycles. The Balaban J connectivity index is 1.82. The molecule has 0 radical (unpaired) electrons. The molecule has 3 aromatic rings. The van der Waals surface area contributed by atoms with Gasteiger partial charge in [0.25, 0.3) is 5.56 Å². The van der Waals surface area contributed by atoms with Crippen LogP contribution in [-0.2, 0) is 18.0 Å². The van der Waals surface area contributed by atoms with Crippen molar-refractivity contribution in [3.05, 3.63) is 74.6 Å². The molecule has 0 amide bonds. The van der Waals surface area contributed by atoms with Crippen molar-refractivity contribution in [3.8, 4) is 0 Å². The van der Waals surface area contributed by atoms with Gasteiger partial charge in [0.15, 0.2) is 0 Å². The molecule has 4 nitrogen and oxygen atoms in total. The van der Waals surface area contributed by atoms with Crippen LogP contribution in [0.1, 0.15) is 11.3 Å². The predicted octanol–water partition coefficient (Wildman–Crippen LogP) is 3.40. The fourth-order valence-electron chi connectivity index (χ4n) is 2.14. The zero-order chi connectivity index (χ0) is 14.7. The lowest BCUT2D eigenvalue weighted by Gasteiger charge is -2.07. The van der Waals surface area contributed by atoms with E-state index in [1.165, 1.54) is 0 Å². The summed E-state index contributed by atoms with van der Waals surface area (Å²) in [5.41, 5.74) is 1.64. The molecule has 0 unspecified atom stereocenters. The highest BCUT2D eigenvalue weighted by molar-refractivity contribution is 9.10. The maximum Gasteiger partial charge on any atom is 0.272 e. The van der Waals surface area contributed by atoms with Crippen molar-refractivity contribution < 1.29 is 4.74 Å². The fourth-order valence-corrected chi connectivity index (χ4v) is 2.50. The molecule has 0 bridgehead atoms. The molecule has 0 aliphatic carbocycles. The van der Waals surface area contributed by atoms with Crippen molar-refractivity contribution >= 4 is 26.7 Å². The largest absolute Gasteiger partial charge is 0.370 e. The summed E-state index contributed by atoms with van der Waals surface area (Å²) < 4.78 is 6.60. The van der Waals surface area contributed by atoms with Crippen molar-refractivity contribution in [1.29, 1.82) is 0 Å². The summed E-state index contributed by atoms with van der Waals surface area (Å²) in [7, 11) is 0. The van der Waals surface area contributed by atoms with Crippen molar-refractivity contribution in [2.24, 2.45) is 0 Å². The lowest BCUT2D eigenvalue weighted by Crippen LogP contribution is -2.11. The van der Waals surface area contributed by atoms with Crippen LogP contribution in [0.3, 0.4) is 0 Å². The SMILES string of the molecule is O=c1[nH]nc(COCc2ccccc2)c2cc(Br)ccc12. The predicted molar refractivity (Wildman–Crippen MR) is 85.0 cm³/mol. The maximum absolute atomic E-state index is 11.8. The van der Waals surface area contributed by atoms with Gasteiger partial charge in [-0.1, -0.05) is 46.3 Å². The average molecular weight is 345 g/mol. The summed E-state index contributed by atoms with van der Waals surface area (Å²) in [6, 6.07) is 15.4. The van der Waals surface area contributed by atoms with Crippen molar-refractivity contribution in [2.45, 2.75) is 13.2 Å². The van der Waals surface area contributed by atoms with E-state index in [1.54, 1.807) is 6.07 Å². The molecule has 5 heteroatoms. The highest BCUT2D eigenvalue weighted by atomic mass is 79.9. The van der Waals surface area contributed by atoms with E-state index in [1.807, 2.05) is 42.5 Å². The van der Waals surface area contributed by atoms with Gasteiger partial charge in [-0.25, -0.2) is 5.10 Å². The van der Waals surface area contributed by atoms with Gasteiger partial charge in [0.05, 0.1) is 24.3 Å². The zero-order valence-electron chi connectivity index (χ0n) is 11.2. The van der Waals surface area contributed by atoms with Gasteiger partial charge in [0, 0.05) is 9.86 Å². The smallest absolute Gasteiger partial charge is 0.272 e. The number of benzene rings is 2. The molecule has 0 aliphatic rings. The van der Waals surface area contributed by atoms with E-state index in [0.29, 0.717) is 18.6 Å². The monoisotopic (exact) mass is 344 g/mol. The lowest BCUT2D eigenvalue weighted by molar-refractivity contribution is 0.105. The van der Waals surface area contributed by atoms with Crippen LogP contribution < -0.4 is 5.56 Å². The number of hydrogen-bond donors (Lipinski definition) is 1. The molecule has 3 rings (SSSR count). The Kier molecular flexibility index (Phi) is 4.13. The number of H-pyrrole nitrogens is 1. The molecular weight excluding hydrogens is 332 g/mol. The Labute approximate surface area is 129 Å². The van der Waals surface area contributed by atoms with E-state index in [4.69, 9.17) is 4.74 Å². The molecule has 21 heavy (non-hydrogen) atoms. The Morgan fingerprint density at radius 1 is 1.05 bits per heavy atom. The Morgan fingerprint density at radius 2 is 1.86 bits per heavy atom. The van der Waals surface area contributed by atoms with Crippen LogP contribution in [0.25, 0.3) is 10.8 Å². The number of fused-ring (bicyclic) bond motifs is 1. The highest BCUT2D eigenvalue weighted by Gasteiger charge is 2.07. The average Bonchev–Trinajstić information content (AvgIpc) is 2.50. The summed E-state index contributed by atoms with van der Waals surface area (Å²) >= 11 is 3.42. The van der Waals surface area contributed by atoms with Crippen LogP contribution in [0, 0.1) is 0 Å². The summed E-state index contributed by atoms with van der Waals surface area (Å²) in [6.07, 6.45) is 0. The summed E-state index contributed by atoms with van der Waals surface area (Å²) in [6.45, 7) is 0.857. The molecule has 0 fully saturated rings. The molecule has 0 saturated carbocycles. The number of nitrogens with one attached hydrogen (secondary N) is 1. The Bertz CT molecular complexity index is 815. The van der Waals surface area contributed by atoms with Gasteiger partial charge in [0.1, 0.15) is 0 Å². The number of ether oxygens (including phenoxy) is 1. The Morgan fingerprint density at radius 3 is 2.67 bits per heavy atom. The second kappa shape index (κ2) is 6.20. The quantitative estimate of drug-likeness (QED) is 0.789. The first-order chi connectivity index (χ1) is 10.2. The zero-order valence-corrected chi connectivity index (χ0v) is 12.8. The van der Waals surface area contributed by atoms with Crippen molar-refractivity contribution in [1.82, 2.24) is 10.2 Å². The number of hydrogen-bond acceptors (Lipinski definition) is 3. The van der Waals surface area contributed by atoms with Gasteiger partial charge in [0.2, 0.25) is 0 Å². The van der Waals surface area contributed by atoms with Gasteiger partial charge in [-0.3, -0.25) is 4.79 Å². The molecule has 0 spiro atoms. The lowest BCUT2D eigenvalue weighted by atomic mass is 10.1. The molecular formula is C16H13BrN2O2. The molecule has 1 aromatic heterocycles. The highest BCUT2D eigenvalue weighted by Crippen LogP contribution is 2.19. The maximum atomic E-state index is 11.8. The second-order valence-corrected chi connectivity index (χ2v) is 5.58. The van der Waals surface area contributed by atoms with E-state index in [0.717, 1.165) is 21.1 Å². The van der Waals surface area contributed by atoms with E-state index in [9.17, 15) is 4.79 Å². The van der Waals surface area contributed by atoms with Crippen LogP contribution >= 0.6 is 15.9 Å². The summed E-state index contributed by atoms with van der Waals surface area (Å²) in [5, 5.41) is 8.03. The van der Waals surface area contributed by atoms with Gasteiger partial charge in [-0.2, -0.15) is 5.10 Å². The molecule has 2 aromatic carbocycles. The second-order valence-electron chi connectivity index (χ2n) is 4.67. The normalized spacial score (nSPS) is 10.9. The number of rotatable bonds is 4. The third-order valence-corrected chi connectivity index (χ3v) is 3.67. The molecule has 1 N–H and O–H groups in total. The van der Waals surface area contributed by atoms with Crippen molar-refractivity contribution in [3.63, 3.8) is 0 Å². The number of aromatic amines is 1. The van der Waals surface area contributed by atoms with Gasteiger partial charge in [-0.15, -0.1) is 0 Å².